The molecule has 4 aromatic rings. The average Bonchev–Trinajstić information content (AvgIpc) is 3.22. The van der Waals surface area contributed by atoms with E-state index in [0.717, 1.165) is 33.3 Å². The Morgan fingerprint density at radius 2 is 1.86 bits per heavy atom. The Balaban J connectivity index is 1.76. The molecule has 2 aromatic heterocycles. The molecule has 0 spiro atoms. The molecule has 0 bridgehead atoms. The van der Waals surface area contributed by atoms with Crippen molar-refractivity contribution < 1.29 is 8.76 Å². The first-order valence-corrected chi connectivity index (χ1v) is 10.4. The molecule has 9 heteroatoms. The van der Waals surface area contributed by atoms with Gasteiger partial charge in [0, 0.05) is 11.4 Å². The van der Waals surface area contributed by atoms with Crippen molar-refractivity contribution in [2.45, 2.75) is 25.6 Å². The average molecular weight is 408 g/mol. The molecule has 3 N–H and O–H groups in total. The van der Waals surface area contributed by atoms with Crippen LogP contribution in [0.4, 0.5) is 5.69 Å². The maximum absolute atomic E-state index is 11.0. The fraction of sp³-hybridized carbons (Fsp3) is 0.200. The number of benzene rings is 2. The lowest BCUT2D eigenvalue weighted by Crippen LogP contribution is -2.12. The first-order valence-electron chi connectivity index (χ1n) is 9.11. The highest BCUT2D eigenvalue weighted by atomic mass is 32.2. The van der Waals surface area contributed by atoms with E-state index < -0.39 is 11.1 Å². The van der Waals surface area contributed by atoms with E-state index in [1.807, 2.05) is 42.5 Å². The number of nitrogens with zero attached hydrogens (tertiary/aromatic N) is 4. The molecule has 0 aliphatic heterocycles. The van der Waals surface area contributed by atoms with Crippen LogP contribution in [0.5, 0.6) is 0 Å². The van der Waals surface area contributed by atoms with Crippen LogP contribution >= 0.6 is 0 Å². The second-order valence-corrected chi connectivity index (χ2v) is 7.88. The van der Waals surface area contributed by atoms with Gasteiger partial charge in [-0.1, -0.05) is 30.3 Å². The van der Waals surface area contributed by atoms with Gasteiger partial charge in [0.05, 0.1) is 17.0 Å². The van der Waals surface area contributed by atoms with Gasteiger partial charge >= 0.3 is 0 Å². The van der Waals surface area contributed by atoms with Crippen LogP contribution in [0.2, 0.25) is 0 Å². The Kier molecular flexibility index (Phi) is 5.32. The van der Waals surface area contributed by atoms with Crippen LogP contribution in [0.15, 0.2) is 48.8 Å². The van der Waals surface area contributed by atoms with E-state index in [1.54, 1.807) is 0 Å². The lowest BCUT2D eigenvalue weighted by molar-refractivity contribution is 0.563. The molecular formula is C20H20N6O2S. The van der Waals surface area contributed by atoms with Crippen molar-refractivity contribution in [2.75, 3.05) is 5.32 Å². The minimum absolute atomic E-state index is 0.123. The van der Waals surface area contributed by atoms with Crippen LogP contribution in [0.1, 0.15) is 19.4 Å². The standard InChI is InChI=1S/C20H20N6O2S/c1-12(2)23-18-16-8-7-15(14-5-3-13(4-6-14)10-29(27)28)9-17(16)24-25-19(18)20-21-11-22-26-20/h3-9,11-12H,10H2,1-2H3,(H,23,24)(H,27,28)(H,21,22,26). The molecule has 1 atom stereocenters. The van der Waals surface area contributed by atoms with Gasteiger partial charge in [0.2, 0.25) is 0 Å². The fourth-order valence-electron chi connectivity index (χ4n) is 3.14. The number of aromatic amines is 1. The number of anilines is 1. The molecule has 0 fully saturated rings. The van der Waals surface area contributed by atoms with E-state index in [4.69, 9.17) is 4.55 Å². The molecule has 0 saturated carbocycles. The molecule has 4 rings (SSSR count). The Labute approximate surface area is 170 Å². The molecule has 0 aliphatic carbocycles. The Hall–Kier alpha value is -3.17. The van der Waals surface area contributed by atoms with Crippen molar-refractivity contribution >= 4 is 27.7 Å². The van der Waals surface area contributed by atoms with Crippen molar-refractivity contribution in [3.8, 4) is 22.6 Å². The van der Waals surface area contributed by atoms with Crippen LogP contribution < -0.4 is 5.32 Å². The summed E-state index contributed by atoms with van der Waals surface area (Å²) >= 11 is -1.85. The topological polar surface area (TPSA) is 117 Å². The summed E-state index contributed by atoms with van der Waals surface area (Å²) in [5, 5.41) is 19.9. The number of H-pyrrole nitrogens is 1. The molecule has 29 heavy (non-hydrogen) atoms. The maximum atomic E-state index is 11.0. The van der Waals surface area contributed by atoms with Gasteiger partial charge in [0.1, 0.15) is 6.33 Å². The van der Waals surface area contributed by atoms with Gasteiger partial charge in [-0.05, 0) is 42.7 Å². The number of hydrogen-bond acceptors (Lipinski definition) is 6. The molecule has 0 radical (unpaired) electrons. The van der Waals surface area contributed by atoms with Crippen molar-refractivity contribution in [3.05, 3.63) is 54.4 Å². The third-order valence-electron chi connectivity index (χ3n) is 4.41. The van der Waals surface area contributed by atoms with Gasteiger partial charge in [-0.15, -0.1) is 10.2 Å². The summed E-state index contributed by atoms with van der Waals surface area (Å²) in [4.78, 5) is 4.21. The van der Waals surface area contributed by atoms with Crippen LogP contribution in [-0.2, 0) is 16.8 Å². The molecule has 0 amide bonds. The van der Waals surface area contributed by atoms with Crippen LogP contribution in [0.3, 0.4) is 0 Å². The van der Waals surface area contributed by atoms with E-state index in [2.05, 4.69) is 44.5 Å². The molecule has 0 aliphatic rings. The van der Waals surface area contributed by atoms with Gasteiger partial charge < -0.3 is 9.87 Å². The van der Waals surface area contributed by atoms with Crippen molar-refractivity contribution in [1.82, 2.24) is 25.4 Å². The van der Waals surface area contributed by atoms with Gasteiger partial charge in [-0.3, -0.25) is 5.10 Å². The summed E-state index contributed by atoms with van der Waals surface area (Å²) < 4.78 is 20.0. The van der Waals surface area contributed by atoms with Gasteiger partial charge in [0.25, 0.3) is 0 Å². The summed E-state index contributed by atoms with van der Waals surface area (Å²) in [6.45, 7) is 4.12. The molecule has 1 unspecified atom stereocenters. The summed E-state index contributed by atoms with van der Waals surface area (Å²) in [5.74, 6) is 0.682. The molecule has 2 heterocycles. The molecular weight excluding hydrogens is 388 g/mol. The molecule has 8 nitrogen and oxygen atoms in total. The highest BCUT2D eigenvalue weighted by molar-refractivity contribution is 7.78. The monoisotopic (exact) mass is 408 g/mol. The predicted molar refractivity (Wildman–Crippen MR) is 114 cm³/mol. The zero-order valence-electron chi connectivity index (χ0n) is 16.0. The highest BCUT2D eigenvalue weighted by Crippen LogP contribution is 2.33. The van der Waals surface area contributed by atoms with Gasteiger partial charge in [0.15, 0.2) is 22.6 Å². The van der Waals surface area contributed by atoms with Crippen LogP contribution in [0, 0.1) is 0 Å². The summed E-state index contributed by atoms with van der Waals surface area (Å²) in [6.07, 6.45) is 1.44. The van der Waals surface area contributed by atoms with E-state index in [1.165, 1.54) is 6.33 Å². The minimum Gasteiger partial charge on any atom is -0.380 e. The quantitative estimate of drug-likeness (QED) is 0.417. The summed E-state index contributed by atoms with van der Waals surface area (Å²) in [5.41, 5.74) is 5.04. The summed E-state index contributed by atoms with van der Waals surface area (Å²) in [7, 11) is 0. The van der Waals surface area contributed by atoms with E-state index >= 15 is 0 Å². The van der Waals surface area contributed by atoms with Crippen LogP contribution in [0.25, 0.3) is 33.5 Å². The Morgan fingerprint density at radius 1 is 1.10 bits per heavy atom. The Morgan fingerprint density at radius 3 is 2.52 bits per heavy atom. The van der Waals surface area contributed by atoms with Crippen molar-refractivity contribution in [2.24, 2.45) is 0 Å². The van der Waals surface area contributed by atoms with Crippen LogP contribution in [-0.4, -0.2) is 40.2 Å². The number of rotatable bonds is 6. The first-order chi connectivity index (χ1) is 14.0. The fourth-order valence-corrected chi connectivity index (χ4v) is 3.62. The smallest absolute Gasteiger partial charge is 0.178 e. The second-order valence-electron chi connectivity index (χ2n) is 6.95. The third-order valence-corrected chi connectivity index (χ3v) is 4.99. The number of nitrogens with one attached hydrogen (secondary N) is 2. The van der Waals surface area contributed by atoms with Crippen molar-refractivity contribution in [1.29, 1.82) is 0 Å². The minimum atomic E-state index is -1.85. The number of aromatic nitrogens is 5. The lowest BCUT2D eigenvalue weighted by atomic mass is 10.0. The van der Waals surface area contributed by atoms with E-state index in [-0.39, 0.29) is 11.8 Å². The Bertz CT molecular complexity index is 1160. The predicted octanol–water partition coefficient (Wildman–Crippen LogP) is 3.62. The zero-order valence-corrected chi connectivity index (χ0v) is 16.8. The first kappa shape index (κ1) is 19.2. The van der Waals surface area contributed by atoms with Crippen molar-refractivity contribution in [3.63, 3.8) is 0 Å². The SMILES string of the molecule is CC(C)Nc1c(-c2ncn[nH]2)nnc2cc(-c3ccc(CS(=O)O)cc3)ccc12. The van der Waals surface area contributed by atoms with E-state index in [0.29, 0.717) is 11.5 Å². The van der Waals surface area contributed by atoms with Gasteiger partial charge in [-0.25, -0.2) is 9.19 Å². The zero-order chi connectivity index (χ0) is 20.4. The normalized spacial score (nSPS) is 12.4. The highest BCUT2D eigenvalue weighted by Gasteiger charge is 2.16. The lowest BCUT2D eigenvalue weighted by Gasteiger charge is -2.15. The third kappa shape index (κ3) is 4.15. The molecule has 2 aromatic carbocycles. The van der Waals surface area contributed by atoms with Gasteiger partial charge in [-0.2, -0.15) is 5.10 Å². The second kappa shape index (κ2) is 8.06. The number of hydrogen-bond donors (Lipinski definition) is 3. The molecule has 148 valence electrons. The molecule has 0 saturated heterocycles. The van der Waals surface area contributed by atoms with E-state index in [9.17, 15) is 4.21 Å². The maximum Gasteiger partial charge on any atom is 0.178 e. The summed E-state index contributed by atoms with van der Waals surface area (Å²) in [6, 6.07) is 13.8. The largest absolute Gasteiger partial charge is 0.380 e. The number of fused-ring (bicyclic) bond motifs is 1.